The summed E-state index contributed by atoms with van der Waals surface area (Å²) in [6.07, 6.45) is 2.12. The second kappa shape index (κ2) is 7.31. The average molecular weight is 418 g/mol. The number of hydrogen-bond acceptors (Lipinski definition) is 6. The summed E-state index contributed by atoms with van der Waals surface area (Å²) in [7, 11) is 0. The van der Waals surface area contributed by atoms with Crippen LogP contribution >= 0.6 is 0 Å². The van der Waals surface area contributed by atoms with Gasteiger partial charge in [0.1, 0.15) is 6.04 Å². The van der Waals surface area contributed by atoms with Gasteiger partial charge in [0.25, 0.3) is 11.8 Å². The van der Waals surface area contributed by atoms with Crippen molar-refractivity contribution in [3.05, 3.63) is 64.2 Å². The molecule has 0 saturated carbocycles. The molecule has 158 valence electrons. The lowest BCUT2D eigenvalue weighted by molar-refractivity contribution is -0.136. The number of rotatable bonds is 4. The summed E-state index contributed by atoms with van der Waals surface area (Å²) < 4.78 is 0. The van der Waals surface area contributed by atoms with Gasteiger partial charge in [0, 0.05) is 24.7 Å². The molecule has 1 aliphatic carbocycles. The monoisotopic (exact) mass is 418 g/mol. The fraction of sp³-hybridized carbons (Fsp3) is 0.304. The van der Waals surface area contributed by atoms with Crippen LogP contribution in [0.15, 0.2) is 36.4 Å². The Kier molecular flexibility index (Phi) is 4.59. The highest BCUT2D eigenvalue weighted by Gasteiger charge is 2.45. The van der Waals surface area contributed by atoms with Crippen molar-refractivity contribution >= 4 is 29.3 Å². The minimum absolute atomic E-state index is 0.101. The van der Waals surface area contributed by atoms with Gasteiger partial charge in [-0.1, -0.05) is 18.2 Å². The van der Waals surface area contributed by atoms with Gasteiger partial charge >= 0.3 is 0 Å². The average Bonchev–Trinajstić information content (AvgIpc) is 3.25. The van der Waals surface area contributed by atoms with Crippen LogP contribution in [0.2, 0.25) is 0 Å². The summed E-state index contributed by atoms with van der Waals surface area (Å²) in [5, 5.41) is 5.72. The highest BCUT2D eigenvalue weighted by atomic mass is 16.2. The molecule has 8 nitrogen and oxygen atoms in total. The molecule has 3 aliphatic rings. The Balaban J connectivity index is 1.38. The third-order valence-electron chi connectivity index (χ3n) is 6.34. The Bertz CT molecular complexity index is 1140. The number of carbonyl (C=O) groups is 4. The number of aryl methyl sites for hydroxylation is 1. The van der Waals surface area contributed by atoms with E-state index in [1.54, 1.807) is 12.1 Å². The van der Waals surface area contributed by atoms with Crippen LogP contribution in [0.5, 0.6) is 0 Å². The molecule has 31 heavy (non-hydrogen) atoms. The van der Waals surface area contributed by atoms with Crippen LogP contribution in [0.3, 0.4) is 0 Å². The number of benzene rings is 2. The maximum absolute atomic E-state index is 13.2. The molecule has 2 atom stereocenters. The van der Waals surface area contributed by atoms with E-state index >= 15 is 0 Å². The number of nitrogen functional groups attached to an aromatic ring is 1. The van der Waals surface area contributed by atoms with Gasteiger partial charge in [0.15, 0.2) is 0 Å². The van der Waals surface area contributed by atoms with E-state index in [0.29, 0.717) is 17.7 Å². The number of nitrogens with zero attached hydrogens (tertiary/aromatic N) is 1. The van der Waals surface area contributed by atoms with E-state index in [1.165, 1.54) is 11.1 Å². The van der Waals surface area contributed by atoms with Crippen LogP contribution in [0, 0.1) is 0 Å². The second-order valence-corrected chi connectivity index (χ2v) is 8.22. The third-order valence-corrected chi connectivity index (χ3v) is 6.34. The van der Waals surface area contributed by atoms with Crippen LogP contribution < -0.4 is 16.4 Å². The predicted molar refractivity (Wildman–Crippen MR) is 112 cm³/mol. The molecule has 2 heterocycles. The van der Waals surface area contributed by atoms with Crippen molar-refractivity contribution < 1.29 is 19.2 Å². The lowest BCUT2D eigenvalue weighted by Crippen LogP contribution is -2.54. The van der Waals surface area contributed by atoms with E-state index < -0.39 is 23.8 Å². The quantitative estimate of drug-likeness (QED) is 0.510. The molecular formula is C23H22N4O4. The number of nitrogens with one attached hydrogen (secondary N) is 2. The van der Waals surface area contributed by atoms with Gasteiger partial charge in [-0.15, -0.1) is 0 Å². The maximum Gasteiger partial charge on any atom is 0.262 e. The third kappa shape index (κ3) is 3.19. The van der Waals surface area contributed by atoms with Crippen LogP contribution in [0.25, 0.3) is 0 Å². The molecule has 4 amide bonds. The number of nitrogens with two attached hydrogens (primary N) is 1. The standard InChI is InChI=1S/C23H22N4O4/c24-14-5-6-15-12(10-14)4-7-17(15)25-11-13-2-1-3-16-20(13)23(31)27(22(16)30)18-8-9-19(28)26-21(18)29/h1-3,5-6,10,17-18,25H,4,7-9,11,24H2,(H,26,28,29). The summed E-state index contributed by atoms with van der Waals surface area (Å²) >= 11 is 0. The van der Waals surface area contributed by atoms with Gasteiger partial charge in [-0.05, 0) is 54.2 Å². The molecule has 1 saturated heterocycles. The number of fused-ring (bicyclic) bond motifs is 2. The molecule has 1 fully saturated rings. The predicted octanol–water partition coefficient (Wildman–Crippen LogP) is 1.45. The lowest BCUT2D eigenvalue weighted by atomic mass is 10.0. The van der Waals surface area contributed by atoms with Crippen molar-refractivity contribution in [2.75, 3.05) is 5.73 Å². The Hall–Kier alpha value is -3.52. The molecule has 5 rings (SSSR count). The minimum atomic E-state index is -0.960. The molecule has 0 spiro atoms. The van der Waals surface area contributed by atoms with Crippen molar-refractivity contribution in [3.8, 4) is 0 Å². The van der Waals surface area contributed by atoms with Crippen molar-refractivity contribution in [2.45, 2.75) is 44.3 Å². The summed E-state index contributed by atoms with van der Waals surface area (Å²) in [5.74, 6) is -1.96. The van der Waals surface area contributed by atoms with Gasteiger partial charge in [0.05, 0.1) is 11.1 Å². The first-order valence-corrected chi connectivity index (χ1v) is 10.4. The van der Waals surface area contributed by atoms with Gasteiger partial charge in [-0.25, -0.2) is 0 Å². The first-order chi connectivity index (χ1) is 14.9. The fourth-order valence-corrected chi connectivity index (χ4v) is 4.81. The molecule has 2 unspecified atom stereocenters. The Labute approximate surface area is 178 Å². The largest absolute Gasteiger partial charge is 0.399 e. The van der Waals surface area contributed by atoms with Gasteiger partial charge in [-0.3, -0.25) is 29.4 Å². The van der Waals surface area contributed by atoms with E-state index in [0.717, 1.165) is 29.0 Å². The molecule has 4 N–H and O–H groups in total. The summed E-state index contributed by atoms with van der Waals surface area (Å²) in [5.41, 5.74) is 10.4. The number of carbonyl (C=O) groups excluding carboxylic acids is 4. The Morgan fingerprint density at radius 3 is 2.68 bits per heavy atom. The Morgan fingerprint density at radius 2 is 1.87 bits per heavy atom. The smallest absolute Gasteiger partial charge is 0.262 e. The molecule has 2 aromatic rings. The van der Waals surface area contributed by atoms with Crippen molar-refractivity contribution in [3.63, 3.8) is 0 Å². The number of piperidine rings is 1. The molecule has 0 aromatic heterocycles. The zero-order valence-electron chi connectivity index (χ0n) is 16.8. The topological polar surface area (TPSA) is 122 Å². The highest BCUT2D eigenvalue weighted by Crippen LogP contribution is 2.34. The highest BCUT2D eigenvalue weighted by molar-refractivity contribution is 6.24. The van der Waals surface area contributed by atoms with E-state index in [4.69, 9.17) is 5.73 Å². The van der Waals surface area contributed by atoms with Crippen molar-refractivity contribution in [2.24, 2.45) is 0 Å². The van der Waals surface area contributed by atoms with Crippen LogP contribution in [-0.4, -0.2) is 34.6 Å². The molecule has 0 bridgehead atoms. The molecule has 0 radical (unpaired) electrons. The van der Waals surface area contributed by atoms with Gasteiger partial charge in [-0.2, -0.15) is 0 Å². The van der Waals surface area contributed by atoms with E-state index in [-0.39, 0.29) is 24.8 Å². The first-order valence-electron chi connectivity index (χ1n) is 10.4. The van der Waals surface area contributed by atoms with Crippen LogP contribution in [0.1, 0.15) is 62.7 Å². The zero-order valence-corrected chi connectivity index (χ0v) is 16.8. The summed E-state index contributed by atoms with van der Waals surface area (Å²) in [6.45, 7) is 0.417. The zero-order chi connectivity index (χ0) is 21.7. The summed E-state index contributed by atoms with van der Waals surface area (Å²) in [4.78, 5) is 50.8. The van der Waals surface area contributed by atoms with Crippen LogP contribution in [-0.2, 0) is 22.6 Å². The lowest BCUT2D eigenvalue weighted by Gasteiger charge is -2.27. The van der Waals surface area contributed by atoms with E-state index in [1.807, 2.05) is 24.3 Å². The van der Waals surface area contributed by atoms with Crippen LogP contribution in [0.4, 0.5) is 5.69 Å². The molecule has 2 aliphatic heterocycles. The van der Waals surface area contributed by atoms with Crippen molar-refractivity contribution in [1.82, 2.24) is 15.5 Å². The van der Waals surface area contributed by atoms with Gasteiger partial charge in [0.2, 0.25) is 11.8 Å². The molecule has 2 aromatic carbocycles. The Morgan fingerprint density at radius 1 is 1.03 bits per heavy atom. The number of amides is 4. The van der Waals surface area contributed by atoms with E-state index in [9.17, 15) is 19.2 Å². The number of imide groups is 2. The second-order valence-electron chi connectivity index (χ2n) is 8.22. The normalized spacial score (nSPS) is 22.5. The minimum Gasteiger partial charge on any atom is -0.399 e. The van der Waals surface area contributed by atoms with E-state index in [2.05, 4.69) is 10.6 Å². The van der Waals surface area contributed by atoms with Gasteiger partial charge < -0.3 is 11.1 Å². The molecular weight excluding hydrogens is 396 g/mol. The fourth-order valence-electron chi connectivity index (χ4n) is 4.81. The van der Waals surface area contributed by atoms with Crippen molar-refractivity contribution in [1.29, 1.82) is 0 Å². The summed E-state index contributed by atoms with van der Waals surface area (Å²) in [6, 6.07) is 10.3. The number of hydrogen-bond donors (Lipinski definition) is 3. The SMILES string of the molecule is Nc1ccc2c(c1)CCC2NCc1cccc2c1C(=O)N(C1CCC(=O)NC1=O)C2=O. The number of anilines is 1. The first kappa shape index (κ1) is 19.4. The molecule has 8 heteroatoms. The maximum atomic E-state index is 13.2.